The van der Waals surface area contributed by atoms with Crippen LogP contribution in [0.1, 0.15) is 46.5 Å². The van der Waals surface area contributed by atoms with Crippen LogP contribution in [0.5, 0.6) is 0 Å². The summed E-state index contributed by atoms with van der Waals surface area (Å²) in [6.45, 7) is 7.93. The molecule has 156 valence electrons. The average Bonchev–Trinajstić information content (AvgIpc) is 3.49. The van der Waals surface area contributed by atoms with E-state index in [2.05, 4.69) is 10.6 Å². The predicted molar refractivity (Wildman–Crippen MR) is 115 cm³/mol. The molecule has 7 heteroatoms. The van der Waals surface area contributed by atoms with Crippen molar-refractivity contribution in [1.29, 1.82) is 0 Å². The molecule has 2 fully saturated rings. The SMILES string of the molecule is CC(C)(C)OC(=O)N1CCC[C@@H](CNc2nc3ccccc3nc2NC2CC2)C1. The van der Waals surface area contributed by atoms with Crippen LogP contribution in [-0.4, -0.2) is 52.2 Å². The molecule has 2 N–H and O–H groups in total. The molecular weight excluding hydrogens is 366 g/mol. The Hall–Kier alpha value is -2.57. The summed E-state index contributed by atoms with van der Waals surface area (Å²) in [6.07, 6.45) is 4.22. The summed E-state index contributed by atoms with van der Waals surface area (Å²) in [5.74, 6) is 1.98. The fraction of sp³-hybridized carbons (Fsp3) is 0.591. The van der Waals surface area contributed by atoms with E-state index < -0.39 is 5.60 Å². The molecule has 1 amide bonds. The number of ether oxygens (including phenoxy) is 1. The van der Waals surface area contributed by atoms with Crippen LogP contribution < -0.4 is 10.6 Å². The number of nitrogens with zero attached hydrogens (tertiary/aromatic N) is 3. The van der Waals surface area contributed by atoms with E-state index in [-0.39, 0.29) is 6.09 Å². The first kappa shape index (κ1) is 19.7. The number of fused-ring (bicyclic) bond motifs is 1. The normalized spacial score (nSPS) is 19.8. The molecule has 4 rings (SSSR count). The molecule has 1 aliphatic carbocycles. The minimum absolute atomic E-state index is 0.219. The molecule has 0 spiro atoms. The van der Waals surface area contributed by atoms with E-state index in [1.54, 1.807) is 0 Å². The third-order valence-electron chi connectivity index (χ3n) is 5.22. The van der Waals surface area contributed by atoms with Gasteiger partial charge in [0.1, 0.15) is 5.60 Å². The number of rotatable bonds is 5. The van der Waals surface area contributed by atoms with Gasteiger partial charge in [-0.2, -0.15) is 0 Å². The van der Waals surface area contributed by atoms with Gasteiger partial charge in [0.15, 0.2) is 11.6 Å². The highest BCUT2D eigenvalue weighted by molar-refractivity contribution is 5.80. The van der Waals surface area contributed by atoms with Crippen LogP contribution in [-0.2, 0) is 4.74 Å². The van der Waals surface area contributed by atoms with E-state index in [1.165, 1.54) is 12.8 Å². The van der Waals surface area contributed by atoms with E-state index in [0.29, 0.717) is 18.5 Å². The van der Waals surface area contributed by atoms with Gasteiger partial charge >= 0.3 is 6.09 Å². The molecule has 2 aliphatic rings. The number of benzene rings is 1. The number of carbonyl (C=O) groups excluding carboxylic acids is 1. The quantitative estimate of drug-likeness (QED) is 0.785. The lowest BCUT2D eigenvalue weighted by atomic mass is 9.98. The number of carbonyl (C=O) groups is 1. The van der Waals surface area contributed by atoms with Crippen molar-refractivity contribution in [2.24, 2.45) is 5.92 Å². The number of hydrogen-bond donors (Lipinski definition) is 2. The molecular formula is C22H31N5O2. The lowest BCUT2D eigenvalue weighted by Crippen LogP contribution is -2.44. The Labute approximate surface area is 172 Å². The number of aromatic nitrogens is 2. The fourth-order valence-corrected chi connectivity index (χ4v) is 3.61. The van der Waals surface area contributed by atoms with E-state index in [9.17, 15) is 4.79 Å². The minimum atomic E-state index is -0.466. The zero-order chi connectivity index (χ0) is 20.4. The maximum absolute atomic E-state index is 12.4. The van der Waals surface area contributed by atoms with Gasteiger partial charge in [-0.3, -0.25) is 0 Å². The standard InChI is InChI=1S/C22H31N5O2/c1-22(2,3)29-21(28)27-12-6-7-15(14-27)13-23-19-20(24-16-10-11-16)26-18-9-5-4-8-17(18)25-19/h4-5,8-9,15-16H,6-7,10-14H2,1-3H3,(H,23,25)(H,24,26)/t15-/m0/s1. The second-order valence-corrected chi connectivity index (χ2v) is 9.14. The number of piperidine rings is 1. The Balaban J connectivity index is 1.42. The maximum atomic E-state index is 12.4. The van der Waals surface area contributed by atoms with Gasteiger partial charge in [-0.1, -0.05) is 12.1 Å². The first-order valence-corrected chi connectivity index (χ1v) is 10.6. The Morgan fingerprint density at radius 3 is 2.48 bits per heavy atom. The van der Waals surface area contributed by atoms with Crippen LogP contribution in [0, 0.1) is 5.92 Å². The highest BCUT2D eigenvalue weighted by Gasteiger charge is 2.28. The number of anilines is 2. The van der Waals surface area contributed by atoms with E-state index in [0.717, 1.165) is 48.6 Å². The number of amides is 1. The second-order valence-electron chi connectivity index (χ2n) is 9.14. The summed E-state index contributed by atoms with van der Waals surface area (Å²) >= 11 is 0. The Morgan fingerprint density at radius 1 is 1.14 bits per heavy atom. The molecule has 1 aromatic carbocycles. The monoisotopic (exact) mass is 397 g/mol. The molecule has 2 aromatic rings. The van der Waals surface area contributed by atoms with Crippen molar-refractivity contribution >= 4 is 28.8 Å². The van der Waals surface area contributed by atoms with Gasteiger partial charge in [0.25, 0.3) is 0 Å². The third kappa shape index (κ3) is 5.28. The smallest absolute Gasteiger partial charge is 0.410 e. The van der Waals surface area contributed by atoms with E-state index in [4.69, 9.17) is 14.7 Å². The second kappa shape index (κ2) is 8.05. The summed E-state index contributed by atoms with van der Waals surface area (Å²) in [5, 5.41) is 7.00. The summed E-state index contributed by atoms with van der Waals surface area (Å²) in [6, 6.07) is 8.44. The van der Waals surface area contributed by atoms with Crippen molar-refractivity contribution < 1.29 is 9.53 Å². The topological polar surface area (TPSA) is 79.4 Å². The van der Waals surface area contributed by atoms with E-state index in [1.807, 2.05) is 49.9 Å². The van der Waals surface area contributed by atoms with Crippen molar-refractivity contribution in [1.82, 2.24) is 14.9 Å². The zero-order valence-electron chi connectivity index (χ0n) is 17.6. The van der Waals surface area contributed by atoms with Gasteiger partial charge in [0.2, 0.25) is 0 Å². The Kier molecular flexibility index (Phi) is 5.48. The molecule has 1 aromatic heterocycles. The van der Waals surface area contributed by atoms with Crippen molar-refractivity contribution in [3.63, 3.8) is 0 Å². The van der Waals surface area contributed by atoms with Crippen LogP contribution in [0.2, 0.25) is 0 Å². The molecule has 1 aliphatic heterocycles. The zero-order valence-corrected chi connectivity index (χ0v) is 17.6. The fourth-order valence-electron chi connectivity index (χ4n) is 3.61. The predicted octanol–water partition coefficient (Wildman–Crippen LogP) is 4.26. The maximum Gasteiger partial charge on any atom is 0.410 e. The van der Waals surface area contributed by atoms with Crippen LogP contribution >= 0.6 is 0 Å². The van der Waals surface area contributed by atoms with Crippen LogP contribution in [0.3, 0.4) is 0 Å². The lowest BCUT2D eigenvalue weighted by Gasteiger charge is -2.34. The summed E-state index contributed by atoms with van der Waals surface area (Å²) in [4.78, 5) is 23.8. The number of likely N-dealkylation sites (tertiary alicyclic amines) is 1. The average molecular weight is 398 g/mol. The molecule has 0 radical (unpaired) electrons. The third-order valence-corrected chi connectivity index (χ3v) is 5.22. The van der Waals surface area contributed by atoms with Crippen LogP contribution in [0.25, 0.3) is 11.0 Å². The van der Waals surface area contributed by atoms with Gasteiger partial charge < -0.3 is 20.3 Å². The Morgan fingerprint density at radius 2 is 1.83 bits per heavy atom. The summed E-state index contributed by atoms with van der Waals surface area (Å²) in [5.41, 5.74) is 1.32. The van der Waals surface area contributed by atoms with Gasteiger partial charge in [-0.15, -0.1) is 0 Å². The molecule has 1 saturated carbocycles. The van der Waals surface area contributed by atoms with Crippen LogP contribution in [0.15, 0.2) is 24.3 Å². The van der Waals surface area contributed by atoms with Gasteiger partial charge in [0.05, 0.1) is 11.0 Å². The van der Waals surface area contributed by atoms with E-state index >= 15 is 0 Å². The van der Waals surface area contributed by atoms with Crippen LogP contribution in [0.4, 0.5) is 16.4 Å². The highest BCUT2D eigenvalue weighted by Crippen LogP contribution is 2.29. The summed E-state index contributed by atoms with van der Waals surface area (Å²) < 4.78 is 5.54. The number of hydrogen-bond acceptors (Lipinski definition) is 6. The molecule has 2 heterocycles. The van der Waals surface area contributed by atoms with Gasteiger partial charge in [0, 0.05) is 25.7 Å². The first-order chi connectivity index (χ1) is 13.9. The molecule has 1 atom stereocenters. The first-order valence-electron chi connectivity index (χ1n) is 10.6. The van der Waals surface area contributed by atoms with Gasteiger partial charge in [-0.05, 0) is 64.5 Å². The van der Waals surface area contributed by atoms with Gasteiger partial charge in [-0.25, -0.2) is 14.8 Å². The van der Waals surface area contributed by atoms with Crippen molar-refractivity contribution in [2.75, 3.05) is 30.3 Å². The number of para-hydroxylation sites is 2. The lowest BCUT2D eigenvalue weighted by molar-refractivity contribution is 0.0172. The molecule has 0 bridgehead atoms. The molecule has 1 saturated heterocycles. The Bertz CT molecular complexity index is 875. The minimum Gasteiger partial charge on any atom is -0.444 e. The number of nitrogens with one attached hydrogen (secondary N) is 2. The molecule has 0 unspecified atom stereocenters. The summed E-state index contributed by atoms with van der Waals surface area (Å²) in [7, 11) is 0. The highest BCUT2D eigenvalue weighted by atomic mass is 16.6. The van der Waals surface area contributed by atoms with Crippen molar-refractivity contribution in [3.05, 3.63) is 24.3 Å². The molecule has 7 nitrogen and oxygen atoms in total. The largest absolute Gasteiger partial charge is 0.444 e. The van der Waals surface area contributed by atoms with Crippen molar-refractivity contribution in [2.45, 2.75) is 58.1 Å². The van der Waals surface area contributed by atoms with Crippen molar-refractivity contribution in [3.8, 4) is 0 Å². The molecule has 29 heavy (non-hydrogen) atoms.